The predicted octanol–water partition coefficient (Wildman–Crippen LogP) is 3.28. The van der Waals surface area contributed by atoms with E-state index in [1.807, 2.05) is 13.8 Å². The molecule has 0 aliphatic rings. The van der Waals surface area contributed by atoms with Gasteiger partial charge in [-0.05, 0) is 39.0 Å². The minimum absolute atomic E-state index is 0.323. The quantitative estimate of drug-likeness (QED) is 0.794. The van der Waals surface area contributed by atoms with Crippen molar-refractivity contribution in [1.82, 2.24) is 0 Å². The summed E-state index contributed by atoms with van der Waals surface area (Å²) in [5.74, 6) is -0.323. The average Bonchev–Trinajstić information content (AvgIpc) is 2.25. The van der Waals surface area contributed by atoms with Crippen molar-refractivity contribution < 1.29 is 9.50 Å². The van der Waals surface area contributed by atoms with Gasteiger partial charge in [0.05, 0.1) is 6.10 Å². The highest BCUT2D eigenvalue weighted by Gasteiger charge is 2.14. The summed E-state index contributed by atoms with van der Waals surface area (Å²) in [5, 5.41) is 9.69. The number of rotatable bonds is 5. The van der Waals surface area contributed by atoms with Crippen LogP contribution in [-0.2, 0) is 0 Å². The van der Waals surface area contributed by atoms with E-state index < -0.39 is 6.10 Å². The Balaban J connectivity index is 3.13. The van der Waals surface area contributed by atoms with Crippen LogP contribution in [0, 0.1) is 5.82 Å². The number of likely N-dealkylation sites (N-methyl/N-ethyl adjacent to an activating group) is 1. The third-order valence-corrected chi connectivity index (χ3v) is 2.62. The number of halogens is 1. The van der Waals surface area contributed by atoms with E-state index in [-0.39, 0.29) is 5.82 Å². The molecule has 1 rings (SSSR count). The molecule has 0 aromatic heterocycles. The summed E-state index contributed by atoms with van der Waals surface area (Å²) in [4.78, 5) is 2.07. The van der Waals surface area contributed by atoms with Crippen LogP contribution in [-0.4, -0.2) is 18.2 Å². The maximum absolute atomic E-state index is 13.2. The van der Waals surface area contributed by atoms with Gasteiger partial charge in [-0.1, -0.05) is 12.2 Å². The summed E-state index contributed by atoms with van der Waals surface area (Å²) in [6, 6.07) is 4.52. The van der Waals surface area contributed by atoms with Crippen molar-refractivity contribution in [3.8, 4) is 0 Å². The molecule has 94 valence electrons. The molecule has 1 aromatic carbocycles. The van der Waals surface area contributed by atoms with Gasteiger partial charge in [0, 0.05) is 24.3 Å². The van der Waals surface area contributed by atoms with Crippen molar-refractivity contribution in [3.05, 3.63) is 41.7 Å². The summed E-state index contributed by atoms with van der Waals surface area (Å²) in [6.07, 6.45) is -0.681. The van der Waals surface area contributed by atoms with Gasteiger partial charge < -0.3 is 10.0 Å². The highest BCUT2D eigenvalue weighted by atomic mass is 19.1. The second kappa shape index (κ2) is 5.82. The molecule has 2 nitrogen and oxygen atoms in total. The Bertz CT molecular complexity index is 401. The molecule has 0 spiro atoms. The molecular weight excluding hydrogens is 217 g/mol. The fourth-order valence-corrected chi connectivity index (χ4v) is 1.84. The fraction of sp³-hybridized carbons (Fsp3) is 0.429. The van der Waals surface area contributed by atoms with Gasteiger partial charge in [-0.2, -0.15) is 0 Å². The molecule has 1 N–H and O–H groups in total. The lowest BCUT2D eigenvalue weighted by molar-refractivity contribution is 0.199. The van der Waals surface area contributed by atoms with E-state index in [1.165, 1.54) is 12.1 Å². The lowest BCUT2D eigenvalue weighted by Crippen LogP contribution is -2.26. The Morgan fingerprint density at radius 2 is 2.18 bits per heavy atom. The van der Waals surface area contributed by atoms with E-state index in [2.05, 4.69) is 11.5 Å². The number of benzene rings is 1. The second-order valence-corrected chi connectivity index (χ2v) is 4.35. The van der Waals surface area contributed by atoms with E-state index in [4.69, 9.17) is 0 Å². The Labute approximate surface area is 102 Å². The topological polar surface area (TPSA) is 23.5 Å². The third kappa shape index (κ3) is 3.56. The molecule has 0 amide bonds. The number of hydrogen-bond acceptors (Lipinski definition) is 2. The smallest absolute Gasteiger partial charge is 0.123 e. The van der Waals surface area contributed by atoms with Crippen LogP contribution < -0.4 is 4.90 Å². The van der Waals surface area contributed by atoms with Gasteiger partial charge in [-0.25, -0.2) is 4.39 Å². The first kappa shape index (κ1) is 13.7. The summed E-state index contributed by atoms with van der Waals surface area (Å²) in [6.45, 7) is 11.0. The van der Waals surface area contributed by atoms with Crippen LogP contribution >= 0.6 is 0 Å². The number of aliphatic hydroxyl groups is 1. The molecule has 0 fully saturated rings. The van der Waals surface area contributed by atoms with Gasteiger partial charge in [0.15, 0.2) is 0 Å². The zero-order valence-electron chi connectivity index (χ0n) is 10.7. The maximum atomic E-state index is 13.2. The number of nitrogens with zero attached hydrogens (tertiary/aromatic N) is 1. The highest BCUT2D eigenvalue weighted by molar-refractivity contribution is 5.55. The highest BCUT2D eigenvalue weighted by Crippen LogP contribution is 2.27. The molecule has 1 aromatic rings. The number of hydrogen-bond donors (Lipinski definition) is 1. The third-order valence-electron chi connectivity index (χ3n) is 2.62. The minimum Gasteiger partial charge on any atom is -0.389 e. The lowest BCUT2D eigenvalue weighted by atomic mass is 10.1. The minimum atomic E-state index is -0.681. The molecule has 0 saturated carbocycles. The molecule has 17 heavy (non-hydrogen) atoms. The summed E-state index contributed by atoms with van der Waals surface area (Å²) in [7, 11) is 0. The van der Waals surface area contributed by atoms with Crippen LogP contribution in [0.3, 0.4) is 0 Å². The standard InChI is InChI=1S/C14H20FNO/c1-5-16(9-10(2)3)14-7-6-12(15)8-13(14)11(4)17/h6-8,11,17H,2,5,9H2,1,3-4H3. The molecule has 0 bridgehead atoms. The van der Waals surface area contributed by atoms with Crippen molar-refractivity contribution in [3.63, 3.8) is 0 Å². The Morgan fingerprint density at radius 1 is 1.53 bits per heavy atom. The lowest BCUT2D eigenvalue weighted by Gasteiger charge is -2.26. The molecule has 0 radical (unpaired) electrons. The molecule has 1 unspecified atom stereocenters. The SMILES string of the molecule is C=C(C)CN(CC)c1ccc(F)cc1C(C)O. The number of anilines is 1. The van der Waals surface area contributed by atoms with Crippen LogP contribution in [0.1, 0.15) is 32.4 Å². The second-order valence-electron chi connectivity index (χ2n) is 4.35. The van der Waals surface area contributed by atoms with Crippen LogP contribution in [0.2, 0.25) is 0 Å². The average molecular weight is 237 g/mol. The summed E-state index contributed by atoms with van der Waals surface area (Å²) in [5.41, 5.74) is 2.52. The Hall–Kier alpha value is -1.35. The monoisotopic (exact) mass is 237 g/mol. The van der Waals surface area contributed by atoms with Gasteiger partial charge >= 0.3 is 0 Å². The van der Waals surface area contributed by atoms with Gasteiger partial charge in [0.2, 0.25) is 0 Å². The van der Waals surface area contributed by atoms with Gasteiger partial charge in [-0.15, -0.1) is 0 Å². The van der Waals surface area contributed by atoms with Gasteiger partial charge in [0.1, 0.15) is 5.82 Å². The summed E-state index contributed by atoms with van der Waals surface area (Å²) >= 11 is 0. The summed E-state index contributed by atoms with van der Waals surface area (Å²) < 4.78 is 13.2. The zero-order chi connectivity index (χ0) is 13.0. The molecule has 1 atom stereocenters. The zero-order valence-corrected chi connectivity index (χ0v) is 10.7. The normalized spacial score (nSPS) is 12.3. The largest absolute Gasteiger partial charge is 0.389 e. The van der Waals surface area contributed by atoms with Gasteiger partial charge in [0.25, 0.3) is 0 Å². The first-order valence-electron chi connectivity index (χ1n) is 5.82. The van der Waals surface area contributed by atoms with Crippen LogP contribution in [0.15, 0.2) is 30.4 Å². The van der Waals surface area contributed by atoms with Crippen molar-refractivity contribution in [2.45, 2.75) is 26.9 Å². The number of aliphatic hydroxyl groups excluding tert-OH is 1. The fourth-order valence-electron chi connectivity index (χ4n) is 1.84. The molecular formula is C14H20FNO. The van der Waals surface area contributed by atoms with E-state index in [1.54, 1.807) is 13.0 Å². The van der Waals surface area contributed by atoms with Crippen molar-refractivity contribution >= 4 is 5.69 Å². The van der Waals surface area contributed by atoms with E-state index in [0.717, 1.165) is 17.8 Å². The van der Waals surface area contributed by atoms with E-state index in [0.29, 0.717) is 12.1 Å². The Kier molecular flexibility index (Phi) is 4.70. The van der Waals surface area contributed by atoms with Crippen molar-refractivity contribution in [2.24, 2.45) is 0 Å². The predicted molar refractivity (Wildman–Crippen MR) is 69.7 cm³/mol. The van der Waals surface area contributed by atoms with Crippen LogP contribution in [0.25, 0.3) is 0 Å². The maximum Gasteiger partial charge on any atom is 0.123 e. The van der Waals surface area contributed by atoms with Gasteiger partial charge in [-0.3, -0.25) is 0 Å². The first-order valence-corrected chi connectivity index (χ1v) is 5.82. The van der Waals surface area contributed by atoms with E-state index >= 15 is 0 Å². The van der Waals surface area contributed by atoms with E-state index in [9.17, 15) is 9.50 Å². The van der Waals surface area contributed by atoms with Crippen molar-refractivity contribution in [1.29, 1.82) is 0 Å². The van der Waals surface area contributed by atoms with Crippen molar-refractivity contribution in [2.75, 3.05) is 18.0 Å². The molecule has 0 aliphatic carbocycles. The van der Waals surface area contributed by atoms with Crippen LogP contribution in [0.5, 0.6) is 0 Å². The molecule has 0 heterocycles. The molecule has 0 saturated heterocycles. The first-order chi connectivity index (χ1) is 7.95. The Morgan fingerprint density at radius 3 is 2.65 bits per heavy atom. The van der Waals surface area contributed by atoms with Crippen LogP contribution in [0.4, 0.5) is 10.1 Å². The molecule has 0 aliphatic heterocycles. The molecule has 3 heteroatoms.